The highest BCUT2D eigenvalue weighted by Gasteiger charge is 2.17. The highest BCUT2D eigenvalue weighted by atomic mass is 35.5. The molecule has 0 radical (unpaired) electrons. The summed E-state index contributed by atoms with van der Waals surface area (Å²) in [6, 6.07) is 8.58. The number of rotatable bonds is 4. The van der Waals surface area contributed by atoms with Crippen LogP contribution in [0.25, 0.3) is 11.1 Å². The number of aromatic nitrogens is 1. The summed E-state index contributed by atoms with van der Waals surface area (Å²) >= 11 is 5.95. The van der Waals surface area contributed by atoms with Crippen molar-refractivity contribution in [3.8, 4) is 5.75 Å². The van der Waals surface area contributed by atoms with Crippen molar-refractivity contribution in [2.45, 2.75) is 4.90 Å². The number of H-pyrrole nitrogens is 1. The van der Waals surface area contributed by atoms with Gasteiger partial charge < -0.3 is 9.15 Å². The Hall–Kier alpha value is -2.45. The van der Waals surface area contributed by atoms with Crippen LogP contribution in [0, 0.1) is 0 Å². The summed E-state index contributed by atoms with van der Waals surface area (Å²) in [6.07, 6.45) is 0. The molecule has 120 valence electrons. The zero-order valence-electron chi connectivity index (χ0n) is 11.8. The fraction of sp³-hybridized carbons (Fsp3) is 0.0714. The van der Waals surface area contributed by atoms with E-state index in [1.54, 1.807) is 0 Å². The van der Waals surface area contributed by atoms with Crippen LogP contribution in [0.1, 0.15) is 0 Å². The predicted molar refractivity (Wildman–Crippen MR) is 85.6 cm³/mol. The number of hydrogen-bond donors (Lipinski definition) is 2. The number of oxazole rings is 1. The number of fused-ring (bicyclic) bond motifs is 1. The third-order valence-electron chi connectivity index (χ3n) is 3.10. The van der Waals surface area contributed by atoms with E-state index in [9.17, 15) is 13.2 Å². The van der Waals surface area contributed by atoms with E-state index in [1.165, 1.54) is 43.5 Å². The van der Waals surface area contributed by atoms with Gasteiger partial charge >= 0.3 is 5.76 Å². The van der Waals surface area contributed by atoms with Gasteiger partial charge in [0.1, 0.15) is 5.75 Å². The number of anilines is 1. The van der Waals surface area contributed by atoms with Crippen molar-refractivity contribution in [3.63, 3.8) is 0 Å². The van der Waals surface area contributed by atoms with Crippen molar-refractivity contribution < 1.29 is 17.6 Å². The van der Waals surface area contributed by atoms with Crippen LogP contribution in [0.15, 0.2) is 50.5 Å². The maximum atomic E-state index is 12.4. The van der Waals surface area contributed by atoms with Gasteiger partial charge in [-0.2, -0.15) is 0 Å². The van der Waals surface area contributed by atoms with Gasteiger partial charge in [0.25, 0.3) is 10.0 Å². The molecule has 0 atom stereocenters. The van der Waals surface area contributed by atoms with Gasteiger partial charge in [0.15, 0.2) is 5.58 Å². The first-order valence-electron chi connectivity index (χ1n) is 6.38. The largest absolute Gasteiger partial charge is 0.495 e. The molecule has 0 aliphatic heterocycles. The van der Waals surface area contributed by atoms with Gasteiger partial charge in [0.2, 0.25) is 0 Å². The minimum atomic E-state index is -3.84. The van der Waals surface area contributed by atoms with Gasteiger partial charge in [-0.1, -0.05) is 11.6 Å². The second kappa shape index (κ2) is 5.64. The fourth-order valence-corrected chi connectivity index (χ4v) is 3.44. The van der Waals surface area contributed by atoms with E-state index < -0.39 is 15.8 Å². The van der Waals surface area contributed by atoms with Gasteiger partial charge in [-0.15, -0.1) is 0 Å². The summed E-state index contributed by atoms with van der Waals surface area (Å²) in [7, 11) is -2.40. The Balaban J connectivity index is 1.95. The first kappa shape index (κ1) is 15.4. The lowest BCUT2D eigenvalue weighted by molar-refractivity contribution is 0.414. The van der Waals surface area contributed by atoms with Crippen LogP contribution in [0.2, 0.25) is 5.02 Å². The Morgan fingerprint density at radius 2 is 2.00 bits per heavy atom. The average Bonchev–Trinajstić information content (AvgIpc) is 2.86. The smallest absolute Gasteiger partial charge is 0.417 e. The topological polar surface area (TPSA) is 101 Å². The lowest BCUT2D eigenvalue weighted by atomic mass is 10.3. The predicted octanol–water partition coefficient (Wildman–Crippen LogP) is 2.58. The van der Waals surface area contributed by atoms with Gasteiger partial charge in [-0.3, -0.25) is 9.71 Å². The molecule has 0 bridgehead atoms. The monoisotopic (exact) mass is 354 g/mol. The van der Waals surface area contributed by atoms with Crippen LogP contribution in [0.5, 0.6) is 5.75 Å². The quantitative estimate of drug-likeness (QED) is 0.749. The molecule has 0 spiro atoms. The van der Waals surface area contributed by atoms with Crippen molar-refractivity contribution in [3.05, 3.63) is 52.0 Å². The number of ether oxygens (including phenoxy) is 1. The molecule has 1 aromatic heterocycles. The molecule has 0 aliphatic rings. The molecule has 7 nitrogen and oxygen atoms in total. The molecular weight excluding hydrogens is 344 g/mol. The van der Waals surface area contributed by atoms with E-state index in [2.05, 4.69) is 9.71 Å². The molecule has 0 saturated carbocycles. The Morgan fingerprint density at radius 1 is 1.22 bits per heavy atom. The Bertz CT molecular complexity index is 1040. The van der Waals surface area contributed by atoms with Gasteiger partial charge in [-0.25, -0.2) is 13.2 Å². The summed E-state index contributed by atoms with van der Waals surface area (Å²) < 4.78 is 37.0. The second-order valence-corrected chi connectivity index (χ2v) is 6.72. The van der Waals surface area contributed by atoms with E-state index in [0.29, 0.717) is 16.8 Å². The van der Waals surface area contributed by atoms with Gasteiger partial charge in [-0.05, 0) is 36.4 Å². The third kappa shape index (κ3) is 3.03. The zero-order valence-corrected chi connectivity index (χ0v) is 13.4. The summed E-state index contributed by atoms with van der Waals surface area (Å²) in [4.78, 5) is 13.6. The van der Waals surface area contributed by atoms with Crippen LogP contribution >= 0.6 is 11.6 Å². The molecule has 3 rings (SSSR count). The summed E-state index contributed by atoms with van der Waals surface area (Å²) in [5.74, 6) is -0.232. The molecule has 1 heterocycles. The van der Waals surface area contributed by atoms with Crippen molar-refractivity contribution in [2.24, 2.45) is 0 Å². The first-order chi connectivity index (χ1) is 10.9. The van der Waals surface area contributed by atoms with Crippen LogP contribution in [0.4, 0.5) is 5.69 Å². The van der Waals surface area contributed by atoms with Crippen molar-refractivity contribution in [1.82, 2.24) is 4.98 Å². The lowest BCUT2D eigenvalue weighted by Gasteiger charge is -2.09. The molecular formula is C14H11ClN2O5S. The number of aromatic amines is 1. The molecule has 9 heteroatoms. The van der Waals surface area contributed by atoms with Gasteiger partial charge in [0.05, 0.1) is 28.2 Å². The molecule has 0 fully saturated rings. The summed E-state index contributed by atoms with van der Waals surface area (Å²) in [5, 5.41) is 0.185. The Labute approximate surface area is 135 Å². The Kier molecular flexibility index (Phi) is 3.78. The molecule has 0 unspecified atom stereocenters. The van der Waals surface area contributed by atoms with Crippen molar-refractivity contribution in [2.75, 3.05) is 11.8 Å². The highest BCUT2D eigenvalue weighted by Crippen LogP contribution is 2.28. The molecule has 2 N–H and O–H groups in total. The zero-order chi connectivity index (χ0) is 16.6. The van der Waals surface area contributed by atoms with E-state index in [-0.39, 0.29) is 15.6 Å². The minimum Gasteiger partial charge on any atom is -0.495 e. The normalized spacial score (nSPS) is 11.6. The van der Waals surface area contributed by atoms with E-state index in [0.717, 1.165) is 0 Å². The second-order valence-electron chi connectivity index (χ2n) is 4.63. The molecule has 0 saturated heterocycles. The highest BCUT2D eigenvalue weighted by molar-refractivity contribution is 7.92. The lowest BCUT2D eigenvalue weighted by Crippen LogP contribution is -2.13. The average molecular weight is 355 g/mol. The number of sulfonamides is 1. The third-order valence-corrected chi connectivity index (χ3v) is 4.78. The molecule has 0 amide bonds. The van der Waals surface area contributed by atoms with Crippen LogP contribution in [-0.2, 0) is 10.0 Å². The maximum Gasteiger partial charge on any atom is 0.417 e. The van der Waals surface area contributed by atoms with Crippen LogP contribution in [0.3, 0.4) is 0 Å². The number of halogens is 1. The molecule has 3 aromatic rings. The SMILES string of the molecule is COc1ccc(S(=O)(=O)Nc2ccc3oc(=O)[nH]c3c2)cc1Cl. The van der Waals surface area contributed by atoms with Crippen LogP contribution in [-0.4, -0.2) is 20.5 Å². The standard InChI is InChI=1S/C14H11ClN2O5S/c1-21-12-5-3-9(7-10(12)15)23(19,20)17-8-2-4-13-11(6-8)16-14(18)22-13/h2-7,17H,1H3,(H,16,18). The van der Waals surface area contributed by atoms with Crippen LogP contribution < -0.4 is 15.2 Å². The number of benzene rings is 2. The fourth-order valence-electron chi connectivity index (χ4n) is 2.04. The Morgan fingerprint density at radius 3 is 2.70 bits per heavy atom. The maximum absolute atomic E-state index is 12.4. The molecule has 2 aromatic carbocycles. The first-order valence-corrected chi connectivity index (χ1v) is 8.24. The van der Waals surface area contributed by atoms with Crippen molar-refractivity contribution in [1.29, 1.82) is 0 Å². The molecule has 23 heavy (non-hydrogen) atoms. The van der Waals surface area contributed by atoms with E-state index in [1.807, 2.05) is 0 Å². The number of methoxy groups -OCH3 is 1. The van der Waals surface area contributed by atoms with E-state index in [4.69, 9.17) is 20.8 Å². The minimum absolute atomic E-state index is 0.0101. The number of hydrogen-bond acceptors (Lipinski definition) is 5. The van der Waals surface area contributed by atoms with Crippen molar-refractivity contribution >= 4 is 38.4 Å². The summed E-state index contributed by atoms with van der Waals surface area (Å²) in [6.45, 7) is 0. The van der Waals surface area contributed by atoms with E-state index >= 15 is 0 Å². The molecule has 0 aliphatic carbocycles. The number of nitrogens with one attached hydrogen (secondary N) is 2. The summed E-state index contributed by atoms with van der Waals surface area (Å²) in [5.41, 5.74) is 1.01. The van der Waals surface area contributed by atoms with Gasteiger partial charge in [0, 0.05) is 0 Å².